The van der Waals surface area contributed by atoms with Crippen LogP contribution in [0.4, 0.5) is 0 Å². The van der Waals surface area contributed by atoms with Crippen LogP contribution in [-0.4, -0.2) is 67.0 Å². The van der Waals surface area contributed by atoms with E-state index in [1.54, 1.807) is 11.3 Å². The molecule has 1 saturated heterocycles. The van der Waals surface area contributed by atoms with Gasteiger partial charge in [0, 0.05) is 43.4 Å². The minimum atomic E-state index is 0.162. The molecule has 0 radical (unpaired) electrons. The summed E-state index contributed by atoms with van der Waals surface area (Å²) < 4.78 is 0. The molecule has 130 valence electrons. The summed E-state index contributed by atoms with van der Waals surface area (Å²) in [6, 6.07) is 0.601. The van der Waals surface area contributed by atoms with Gasteiger partial charge in [0.05, 0.1) is 10.7 Å². The number of likely N-dealkylation sites (tertiary alicyclic amines) is 1. The first-order valence-corrected chi connectivity index (χ1v) is 9.35. The average molecular weight is 339 g/mol. The van der Waals surface area contributed by atoms with Gasteiger partial charge in [0.25, 0.3) is 0 Å². The number of thiazole rings is 1. The number of hydrogen-bond donors (Lipinski definition) is 1. The van der Waals surface area contributed by atoms with Crippen molar-refractivity contribution in [1.82, 2.24) is 20.1 Å². The first-order chi connectivity index (χ1) is 11.0. The second-order valence-corrected chi connectivity index (χ2v) is 7.93. The number of carbonyl (C=O) groups excluding carboxylic acids is 1. The largest absolute Gasteiger partial charge is 0.356 e. The van der Waals surface area contributed by atoms with Gasteiger partial charge in [0.1, 0.15) is 0 Å². The summed E-state index contributed by atoms with van der Waals surface area (Å²) in [6.07, 6.45) is 3.71. The maximum atomic E-state index is 11.9. The van der Waals surface area contributed by atoms with Gasteiger partial charge in [-0.3, -0.25) is 4.79 Å². The predicted octanol–water partition coefficient (Wildman–Crippen LogP) is 1.83. The van der Waals surface area contributed by atoms with E-state index in [-0.39, 0.29) is 5.91 Å². The fourth-order valence-electron chi connectivity index (χ4n) is 2.93. The lowest BCUT2D eigenvalue weighted by Gasteiger charge is -2.23. The molecule has 2 heterocycles. The third kappa shape index (κ3) is 5.86. The maximum Gasteiger partial charge on any atom is 0.221 e. The summed E-state index contributed by atoms with van der Waals surface area (Å²) in [7, 11) is 4.29. The molecule has 1 atom stereocenters. The van der Waals surface area contributed by atoms with Crippen LogP contribution in [0.25, 0.3) is 0 Å². The van der Waals surface area contributed by atoms with Crippen molar-refractivity contribution >= 4 is 17.2 Å². The summed E-state index contributed by atoms with van der Waals surface area (Å²) in [5.41, 5.74) is 1.13. The van der Waals surface area contributed by atoms with Crippen LogP contribution in [0.2, 0.25) is 0 Å². The molecule has 1 aliphatic rings. The lowest BCUT2D eigenvalue weighted by molar-refractivity contribution is -0.121. The zero-order valence-corrected chi connectivity index (χ0v) is 15.7. The smallest absolute Gasteiger partial charge is 0.221 e. The number of aryl methyl sites for hydroxylation is 3. The molecule has 0 aromatic carbocycles. The van der Waals surface area contributed by atoms with E-state index in [0.717, 1.165) is 44.7 Å². The Hall–Kier alpha value is -0.980. The lowest BCUT2D eigenvalue weighted by atomic mass is 10.2. The number of aromatic nitrogens is 1. The lowest BCUT2D eigenvalue weighted by Crippen LogP contribution is -2.37. The molecule has 0 aliphatic carbocycles. The fourth-order valence-corrected chi connectivity index (χ4v) is 3.91. The van der Waals surface area contributed by atoms with E-state index in [1.807, 2.05) is 0 Å². The minimum absolute atomic E-state index is 0.162. The maximum absolute atomic E-state index is 11.9. The van der Waals surface area contributed by atoms with Crippen LogP contribution in [0.1, 0.15) is 34.8 Å². The highest BCUT2D eigenvalue weighted by Gasteiger charge is 2.23. The van der Waals surface area contributed by atoms with Gasteiger partial charge < -0.3 is 15.1 Å². The highest BCUT2D eigenvalue weighted by atomic mass is 32.1. The van der Waals surface area contributed by atoms with Crippen LogP contribution < -0.4 is 5.32 Å². The van der Waals surface area contributed by atoms with Gasteiger partial charge >= 0.3 is 0 Å². The van der Waals surface area contributed by atoms with Crippen molar-refractivity contribution in [2.24, 2.45) is 0 Å². The van der Waals surface area contributed by atoms with E-state index in [0.29, 0.717) is 12.5 Å². The molecule has 0 bridgehead atoms. The van der Waals surface area contributed by atoms with E-state index in [2.05, 4.69) is 48.0 Å². The van der Waals surface area contributed by atoms with Crippen molar-refractivity contribution in [2.45, 2.75) is 45.6 Å². The van der Waals surface area contributed by atoms with E-state index < -0.39 is 0 Å². The van der Waals surface area contributed by atoms with Crippen molar-refractivity contribution in [2.75, 3.05) is 40.3 Å². The molecule has 1 aliphatic heterocycles. The van der Waals surface area contributed by atoms with Crippen LogP contribution in [0, 0.1) is 13.8 Å². The third-order valence-electron chi connectivity index (χ3n) is 4.64. The average Bonchev–Trinajstić information content (AvgIpc) is 3.07. The summed E-state index contributed by atoms with van der Waals surface area (Å²) in [5, 5.41) is 4.21. The van der Waals surface area contributed by atoms with Gasteiger partial charge in [-0.1, -0.05) is 0 Å². The van der Waals surface area contributed by atoms with E-state index in [9.17, 15) is 4.79 Å². The number of nitrogens with zero attached hydrogens (tertiary/aromatic N) is 3. The molecule has 6 heteroatoms. The van der Waals surface area contributed by atoms with Crippen LogP contribution in [0.15, 0.2) is 0 Å². The van der Waals surface area contributed by atoms with Gasteiger partial charge in [-0.15, -0.1) is 11.3 Å². The van der Waals surface area contributed by atoms with Crippen molar-refractivity contribution in [3.05, 3.63) is 15.6 Å². The molecule has 1 amide bonds. The molecular formula is C17H30N4OS. The fraction of sp³-hybridized carbons (Fsp3) is 0.765. The Bertz CT molecular complexity index is 497. The second kappa shape index (κ2) is 8.76. The first kappa shape index (κ1) is 18.4. The van der Waals surface area contributed by atoms with Crippen LogP contribution >= 0.6 is 11.3 Å². The Kier molecular flexibility index (Phi) is 6.99. The van der Waals surface area contributed by atoms with Crippen LogP contribution in [0.3, 0.4) is 0 Å². The summed E-state index contributed by atoms with van der Waals surface area (Å²) in [6.45, 7) is 8.02. The SMILES string of the molecule is Cc1nc(CCCNC(=O)CCN(C)C2CCN(C)C2)sc1C. The molecule has 23 heavy (non-hydrogen) atoms. The Balaban J connectivity index is 1.56. The normalized spacial score (nSPS) is 18.7. The number of likely N-dealkylation sites (N-methyl/N-ethyl adjacent to an activating group) is 2. The van der Waals surface area contributed by atoms with E-state index >= 15 is 0 Å². The highest BCUT2D eigenvalue weighted by Crippen LogP contribution is 2.17. The minimum Gasteiger partial charge on any atom is -0.356 e. The molecule has 0 saturated carbocycles. The Morgan fingerprint density at radius 3 is 2.87 bits per heavy atom. The monoisotopic (exact) mass is 338 g/mol. The van der Waals surface area contributed by atoms with Gasteiger partial charge in [-0.25, -0.2) is 4.98 Å². The Labute approximate surface area is 144 Å². The van der Waals surface area contributed by atoms with Crippen molar-refractivity contribution in [1.29, 1.82) is 0 Å². The van der Waals surface area contributed by atoms with Gasteiger partial charge in [-0.2, -0.15) is 0 Å². The number of carbonyl (C=O) groups is 1. The number of amides is 1. The van der Waals surface area contributed by atoms with Gasteiger partial charge in [0.15, 0.2) is 0 Å². The molecule has 1 unspecified atom stereocenters. The van der Waals surface area contributed by atoms with Crippen molar-refractivity contribution in [3.8, 4) is 0 Å². The number of nitrogens with one attached hydrogen (secondary N) is 1. The zero-order valence-electron chi connectivity index (χ0n) is 14.9. The third-order valence-corrected chi connectivity index (χ3v) is 5.78. The van der Waals surface area contributed by atoms with E-state index in [4.69, 9.17) is 0 Å². The standard InChI is InChI=1S/C17H30N4OS/c1-13-14(2)23-17(19-13)6-5-9-18-16(22)8-11-21(4)15-7-10-20(3)12-15/h15H,5-12H2,1-4H3,(H,18,22). The molecule has 1 aromatic heterocycles. The van der Waals surface area contributed by atoms with Gasteiger partial charge in [0.2, 0.25) is 5.91 Å². The zero-order chi connectivity index (χ0) is 16.8. The molecule has 1 fully saturated rings. The predicted molar refractivity (Wildman–Crippen MR) is 96.1 cm³/mol. The number of rotatable bonds is 8. The quantitative estimate of drug-likeness (QED) is 0.735. The molecule has 1 aromatic rings. The molecule has 1 N–H and O–H groups in total. The Morgan fingerprint density at radius 1 is 1.48 bits per heavy atom. The van der Waals surface area contributed by atoms with Crippen molar-refractivity contribution < 1.29 is 4.79 Å². The number of hydrogen-bond acceptors (Lipinski definition) is 5. The molecule has 5 nitrogen and oxygen atoms in total. The van der Waals surface area contributed by atoms with E-state index in [1.165, 1.54) is 16.3 Å². The summed E-state index contributed by atoms with van der Waals surface area (Å²) in [4.78, 5) is 22.4. The first-order valence-electron chi connectivity index (χ1n) is 8.54. The molecular weight excluding hydrogens is 308 g/mol. The topological polar surface area (TPSA) is 48.5 Å². The Morgan fingerprint density at radius 2 is 2.26 bits per heavy atom. The molecule has 0 spiro atoms. The second-order valence-electron chi connectivity index (χ2n) is 6.64. The van der Waals surface area contributed by atoms with Crippen LogP contribution in [0.5, 0.6) is 0 Å². The highest BCUT2D eigenvalue weighted by molar-refractivity contribution is 7.11. The molecule has 2 rings (SSSR count). The summed E-state index contributed by atoms with van der Waals surface area (Å²) in [5.74, 6) is 0.162. The van der Waals surface area contributed by atoms with Gasteiger partial charge in [-0.05, 0) is 47.3 Å². The van der Waals surface area contributed by atoms with Crippen molar-refractivity contribution in [3.63, 3.8) is 0 Å². The van der Waals surface area contributed by atoms with Crippen LogP contribution in [-0.2, 0) is 11.2 Å². The summed E-state index contributed by atoms with van der Waals surface area (Å²) >= 11 is 1.77.